The van der Waals surface area contributed by atoms with E-state index < -0.39 is 5.97 Å². The molecule has 2 aliphatic rings. The molecule has 0 aromatic carbocycles. The first-order valence-corrected chi connectivity index (χ1v) is 9.38. The SMILES string of the molecule is C=CC(=O)OC.CCOC(=O)CCNC1CCCC1.NC1CCCC1. The summed E-state index contributed by atoms with van der Waals surface area (Å²) in [4.78, 5) is 20.8. The second-order valence-corrected chi connectivity index (χ2v) is 6.26. The smallest absolute Gasteiger partial charge is 0.329 e. The summed E-state index contributed by atoms with van der Waals surface area (Å²) in [5.74, 6) is -0.483. The second kappa shape index (κ2) is 16.1. The predicted molar refractivity (Wildman–Crippen MR) is 100 cm³/mol. The molecule has 3 N–H and O–H groups in total. The van der Waals surface area contributed by atoms with Crippen molar-refractivity contribution in [2.75, 3.05) is 20.3 Å². The van der Waals surface area contributed by atoms with Gasteiger partial charge in [0.25, 0.3) is 0 Å². The van der Waals surface area contributed by atoms with Gasteiger partial charge in [0.1, 0.15) is 0 Å². The molecule has 0 radical (unpaired) electrons. The highest BCUT2D eigenvalue weighted by molar-refractivity contribution is 5.80. The molecule has 25 heavy (non-hydrogen) atoms. The standard InChI is InChI=1S/C10H19NO2.C5H11N.C4H6O2/c1-2-13-10(12)7-8-11-9-5-3-4-6-9;6-5-3-1-2-4-5;1-3-4(5)6-2/h9,11H,2-8H2,1H3;5H,1-4,6H2;3H,1H2,2H3. The lowest BCUT2D eigenvalue weighted by molar-refractivity contribution is -0.143. The third-order valence-electron chi connectivity index (χ3n) is 4.19. The van der Waals surface area contributed by atoms with Gasteiger partial charge in [0, 0.05) is 24.7 Å². The Morgan fingerprint density at radius 2 is 1.72 bits per heavy atom. The van der Waals surface area contributed by atoms with Crippen molar-refractivity contribution in [2.45, 2.75) is 76.8 Å². The van der Waals surface area contributed by atoms with E-state index in [1.807, 2.05) is 6.92 Å². The number of carbonyl (C=O) groups is 2. The van der Waals surface area contributed by atoms with Crippen LogP contribution >= 0.6 is 0 Å². The van der Waals surface area contributed by atoms with Crippen LogP contribution in [0, 0.1) is 0 Å². The molecule has 2 fully saturated rings. The maximum atomic E-state index is 11.0. The predicted octanol–water partition coefficient (Wildman–Crippen LogP) is 2.70. The number of methoxy groups -OCH3 is 1. The Kier molecular flexibility index (Phi) is 15.2. The fourth-order valence-corrected chi connectivity index (χ4v) is 2.78. The Morgan fingerprint density at radius 3 is 2.08 bits per heavy atom. The average Bonchev–Trinajstić information content (AvgIpc) is 3.29. The molecule has 0 aliphatic heterocycles. The summed E-state index contributed by atoms with van der Waals surface area (Å²) in [6, 6.07) is 1.19. The van der Waals surface area contributed by atoms with E-state index >= 15 is 0 Å². The molecule has 0 unspecified atom stereocenters. The monoisotopic (exact) mass is 356 g/mol. The van der Waals surface area contributed by atoms with Crippen molar-refractivity contribution in [3.63, 3.8) is 0 Å². The van der Waals surface area contributed by atoms with Crippen molar-refractivity contribution >= 4 is 11.9 Å². The quantitative estimate of drug-likeness (QED) is 0.562. The van der Waals surface area contributed by atoms with Gasteiger partial charge in [-0.2, -0.15) is 0 Å². The number of esters is 2. The summed E-state index contributed by atoms with van der Waals surface area (Å²) in [6.07, 6.45) is 12.1. The third-order valence-corrected chi connectivity index (χ3v) is 4.19. The van der Waals surface area contributed by atoms with Gasteiger partial charge in [0.15, 0.2) is 0 Å². The molecule has 0 spiro atoms. The van der Waals surface area contributed by atoms with Gasteiger partial charge < -0.3 is 20.5 Å². The molecular formula is C19H36N2O4. The van der Waals surface area contributed by atoms with E-state index in [9.17, 15) is 9.59 Å². The molecule has 0 aromatic heterocycles. The summed E-state index contributed by atoms with van der Waals surface area (Å²) in [7, 11) is 1.31. The molecule has 0 bridgehead atoms. The van der Waals surface area contributed by atoms with E-state index in [1.54, 1.807) is 0 Å². The fourth-order valence-electron chi connectivity index (χ4n) is 2.78. The van der Waals surface area contributed by atoms with E-state index in [1.165, 1.54) is 58.5 Å². The van der Waals surface area contributed by atoms with Gasteiger partial charge in [-0.1, -0.05) is 32.3 Å². The lowest BCUT2D eigenvalue weighted by Crippen LogP contribution is -2.28. The Bertz CT molecular complexity index is 362. The minimum atomic E-state index is -0.394. The lowest BCUT2D eigenvalue weighted by Gasteiger charge is -2.10. The summed E-state index contributed by atoms with van der Waals surface area (Å²) >= 11 is 0. The topological polar surface area (TPSA) is 90.6 Å². The number of hydrogen-bond donors (Lipinski definition) is 2. The van der Waals surface area contributed by atoms with E-state index in [0.717, 1.165) is 12.6 Å². The van der Waals surface area contributed by atoms with E-state index in [2.05, 4.69) is 16.6 Å². The molecule has 0 saturated heterocycles. The van der Waals surface area contributed by atoms with Crippen LogP contribution in [0.15, 0.2) is 12.7 Å². The Balaban J connectivity index is 0.000000399. The Labute approximate surface area is 152 Å². The number of nitrogens with two attached hydrogens (primary N) is 1. The van der Waals surface area contributed by atoms with Crippen molar-refractivity contribution < 1.29 is 19.1 Å². The first-order chi connectivity index (χ1) is 12.0. The molecule has 0 atom stereocenters. The number of nitrogens with one attached hydrogen (secondary N) is 1. The van der Waals surface area contributed by atoms with Crippen LogP contribution in [0.25, 0.3) is 0 Å². The van der Waals surface area contributed by atoms with Crippen LogP contribution in [0.5, 0.6) is 0 Å². The van der Waals surface area contributed by atoms with Crippen molar-refractivity contribution in [1.29, 1.82) is 0 Å². The molecule has 0 amide bonds. The van der Waals surface area contributed by atoms with Crippen LogP contribution in [-0.2, 0) is 19.1 Å². The zero-order valence-corrected chi connectivity index (χ0v) is 15.9. The number of rotatable bonds is 6. The van der Waals surface area contributed by atoms with Gasteiger partial charge in [-0.3, -0.25) is 4.79 Å². The zero-order chi connectivity index (χ0) is 18.9. The van der Waals surface area contributed by atoms with Crippen LogP contribution in [0.1, 0.15) is 64.7 Å². The minimum absolute atomic E-state index is 0.0898. The van der Waals surface area contributed by atoms with Gasteiger partial charge in [-0.15, -0.1) is 0 Å². The Morgan fingerprint density at radius 1 is 1.16 bits per heavy atom. The molecule has 2 aliphatic carbocycles. The molecule has 2 rings (SSSR count). The highest BCUT2D eigenvalue weighted by atomic mass is 16.5. The fraction of sp³-hybridized carbons (Fsp3) is 0.789. The molecule has 146 valence electrons. The van der Waals surface area contributed by atoms with Crippen LogP contribution < -0.4 is 11.1 Å². The van der Waals surface area contributed by atoms with E-state index in [-0.39, 0.29) is 5.97 Å². The van der Waals surface area contributed by atoms with Crippen molar-refractivity contribution in [3.8, 4) is 0 Å². The van der Waals surface area contributed by atoms with E-state index in [0.29, 0.717) is 25.1 Å². The van der Waals surface area contributed by atoms with Crippen LogP contribution in [0.4, 0.5) is 0 Å². The molecule has 0 heterocycles. The second-order valence-electron chi connectivity index (χ2n) is 6.26. The van der Waals surface area contributed by atoms with Gasteiger partial charge in [0.2, 0.25) is 0 Å². The van der Waals surface area contributed by atoms with Crippen molar-refractivity contribution in [3.05, 3.63) is 12.7 Å². The molecular weight excluding hydrogens is 320 g/mol. The zero-order valence-electron chi connectivity index (χ0n) is 15.9. The van der Waals surface area contributed by atoms with Crippen molar-refractivity contribution in [1.82, 2.24) is 5.32 Å². The molecule has 0 aromatic rings. The van der Waals surface area contributed by atoms with Gasteiger partial charge in [-0.25, -0.2) is 4.79 Å². The van der Waals surface area contributed by atoms with Gasteiger partial charge >= 0.3 is 11.9 Å². The number of hydrogen-bond acceptors (Lipinski definition) is 6. The summed E-state index contributed by atoms with van der Waals surface area (Å²) in [5, 5.41) is 3.37. The normalized spacial score (nSPS) is 16.9. The summed E-state index contributed by atoms with van der Waals surface area (Å²) in [6.45, 7) is 6.25. The first-order valence-electron chi connectivity index (χ1n) is 9.38. The Hall–Kier alpha value is -1.40. The number of ether oxygens (including phenoxy) is 2. The molecule has 6 heteroatoms. The largest absolute Gasteiger partial charge is 0.466 e. The summed E-state index contributed by atoms with van der Waals surface area (Å²) in [5.41, 5.74) is 5.53. The lowest BCUT2D eigenvalue weighted by atomic mass is 10.2. The number of carbonyl (C=O) groups excluding carboxylic acids is 2. The third kappa shape index (κ3) is 14.6. The van der Waals surface area contributed by atoms with Crippen molar-refractivity contribution in [2.24, 2.45) is 5.73 Å². The minimum Gasteiger partial charge on any atom is -0.466 e. The maximum Gasteiger partial charge on any atom is 0.329 e. The highest BCUT2D eigenvalue weighted by Gasteiger charge is 2.14. The highest BCUT2D eigenvalue weighted by Crippen LogP contribution is 2.17. The van der Waals surface area contributed by atoms with Crippen LogP contribution in [0.2, 0.25) is 0 Å². The van der Waals surface area contributed by atoms with Crippen LogP contribution in [0.3, 0.4) is 0 Å². The molecule has 6 nitrogen and oxygen atoms in total. The average molecular weight is 357 g/mol. The van der Waals surface area contributed by atoms with Crippen LogP contribution in [-0.4, -0.2) is 44.3 Å². The van der Waals surface area contributed by atoms with E-state index in [4.69, 9.17) is 10.5 Å². The van der Waals surface area contributed by atoms with Gasteiger partial charge in [-0.05, 0) is 32.6 Å². The first kappa shape index (κ1) is 23.6. The maximum absolute atomic E-state index is 11.0. The molecule has 2 saturated carbocycles. The summed E-state index contributed by atoms with van der Waals surface area (Å²) < 4.78 is 8.97. The van der Waals surface area contributed by atoms with Gasteiger partial charge in [0.05, 0.1) is 20.1 Å².